The maximum Gasteiger partial charge on any atom is 0.338 e. The van der Waals surface area contributed by atoms with Crippen molar-refractivity contribution in [3.05, 3.63) is 29.3 Å². The highest BCUT2D eigenvalue weighted by Crippen LogP contribution is 2.28. The van der Waals surface area contributed by atoms with Crippen LogP contribution < -0.4 is 5.73 Å². The lowest BCUT2D eigenvalue weighted by Gasteiger charge is -2.24. The number of aryl methyl sites for hydroxylation is 1. The molecule has 0 saturated carbocycles. The van der Waals surface area contributed by atoms with Gasteiger partial charge < -0.3 is 10.5 Å². The molecule has 1 aliphatic heterocycles. The fourth-order valence-corrected chi connectivity index (χ4v) is 4.66. The molecular weight excluding hydrogens is 340 g/mol. The third kappa shape index (κ3) is 4.03. The first-order valence-corrected chi connectivity index (χ1v) is 8.85. The number of hydrogen-bond donors (Lipinski definition) is 1. The van der Waals surface area contributed by atoms with Crippen molar-refractivity contribution in [3.63, 3.8) is 0 Å². The van der Waals surface area contributed by atoms with E-state index in [2.05, 4.69) is 0 Å². The van der Waals surface area contributed by atoms with Gasteiger partial charge >= 0.3 is 5.97 Å². The van der Waals surface area contributed by atoms with Crippen molar-refractivity contribution in [3.8, 4) is 0 Å². The van der Waals surface area contributed by atoms with Crippen LogP contribution in [0.25, 0.3) is 0 Å². The van der Waals surface area contributed by atoms with Gasteiger partial charge in [-0.1, -0.05) is 6.07 Å². The van der Waals surface area contributed by atoms with Crippen LogP contribution in [0.4, 0.5) is 0 Å². The Morgan fingerprint density at radius 3 is 2.74 bits per heavy atom. The van der Waals surface area contributed by atoms with Crippen molar-refractivity contribution in [1.82, 2.24) is 4.31 Å². The SMILES string of the molecule is CCOC(=O)c1ccc(C)c(S(=O)(=O)N2CCCC2CN)c1.Cl. The molecule has 1 saturated heterocycles. The number of sulfonamides is 1. The molecule has 8 heteroatoms. The molecule has 1 fully saturated rings. The molecule has 1 heterocycles. The van der Waals surface area contributed by atoms with Crippen molar-refractivity contribution in [1.29, 1.82) is 0 Å². The summed E-state index contributed by atoms with van der Waals surface area (Å²) in [6.45, 7) is 4.44. The lowest BCUT2D eigenvalue weighted by Crippen LogP contribution is -2.40. The van der Waals surface area contributed by atoms with E-state index in [1.54, 1.807) is 26.0 Å². The normalized spacial score (nSPS) is 18.5. The maximum atomic E-state index is 12.9. The zero-order chi connectivity index (χ0) is 16.3. The molecule has 0 radical (unpaired) electrons. The molecule has 1 unspecified atom stereocenters. The minimum Gasteiger partial charge on any atom is -0.462 e. The van der Waals surface area contributed by atoms with E-state index in [0.29, 0.717) is 18.7 Å². The Balaban J connectivity index is 0.00000264. The summed E-state index contributed by atoms with van der Waals surface area (Å²) in [7, 11) is -3.66. The van der Waals surface area contributed by atoms with E-state index >= 15 is 0 Å². The van der Waals surface area contributed by atoms with Crippen molar-refractivity contribution in [2.75, 3.05) is 19.7 Å². The summed E-state index contributed by atoms with van der Waals surface area (Å²) in [4.78, 5) is 12.0. The summed E-state index contributed by atoms with van der Waals surface area (Å²) in [6.07, 6.45) is 1.57. The second kappa shape index (κ2) is 8.10. The molecule has 0 aliphatic carbocycles. The second-order valence-electron chi connectivity index (χ2n) is 5.35. The van der Waals surface area contributed by atoms with Crippen LogP contribution in [0.2, 0.25) is 0 Å². The number of nitrogens with two attached hydrogens (primary N) is 1. The fourth-order valence-electron chi connectivity index (χ4n) is 2.71. The first-order valence-electron chi connectivity index (χ1n) is 7.41. The number of hydrogen-bond acceptors (Lipinski definition) is 5. The van der Waals surface area contributed by atoms with Crippen molar-refractivity contribution in [2.24, 2.45) is 5.73 Å². The Morgan fingerprint density at radius 2 is 2.13 bits per heavy atom. The average Bonchev–Trinajstić information content (AvgIpc) is 2.97. The summed E-state index contributed by atoms with van der Waals surface area (Å²) in [5.74, 6) is -0.518. The Hall–Kier alpha value is -1.15. The molecule has 1 aliphatic rings. The lowest BCUT2D eigenvalue weighted by atomic mass is 10.1. The molecule has 1 atom stereocenters. The van der Waals surface area contributed by atoms with E-state index in [-0.39, 0.29) is 35.5 Å². The number of halogens is 1. The van der Waals surface area contributed by atoms with Gasteiger partial charge in [-0.2, -0.15) is 4.31 Å². The number of carbonyl (C=O) groups is 1. The minimum absolute atomic E-state index is 0. The number of benzene rings is 1. The van der Waals surface area contributed by atoms with Crippen LogP contribution in [-0.2, 0) is 14.8 Å². The third-order valence-electron chi connectivity index (χ3n) is 3.88. The Bertz CT molecular complexity index is 663. The Kier molecular flexibility index (Phi) is 7.01. The van der Waals surface area contributed by atoms with E-state index in [1.165, 1.54) is 10.4 Å². The van der Waals surface area contributed by atoms with E-state index in [4.69, 9.17) is 10.5 Å². The number of ether oxygens (including phenoxy) is 1. The van der Waals surface area contributed by atoms with Crippen LogP contribution >= 0.6 is 12.4 Å². The van der Waals surface area contributed by atoms with E-state index in [0.717, 1.165) is 12.8 Å². The zero-order valence-corrected chi connectivity index (χ0v) is 15.0. The molecular formula is C15H23ClN2O4S. The zero-order valence-electron chi connectivity index (χ0n) is 13.3. The molecule has 0 amide bonds. The van der Waals surface area contributed by atoms with E-state index in [9.17, 15) is 13.2 Å². The molecule has 1 aromatic carbocycles. The average molecular weight is 363 g/mol. The van der Waals surface area contributed by atoms with Gasteiger partial charge in [0.25, 0.3) is 0 Å². The molecule has 23 heavy (non-hydrogen) atoms. The largest absolute Gasteiger partial charge is 0.462 e. The van der Waals surface area contributed by atoms with E-state index in [1.807, 2.05) is 0 Å². The van der Waals surface area contributed by atoms with Gasteiger partial charge in [0, 0.05) is 19.1 Å². The third-order valence-corrected chi connectivity index (χ3v) is 5.97. The number of carbonyl (C=O) groups excluding carboxylic acids is 1. The molecule has 0 bridgehead atoms. The van der Waals surface area contributed by atoms with Gasteiger partial charge in [-0.25, -0.2) is 13.2 Å². The first kappa shape index (κ1) is 19.9. The topological polar surface area (TPSA) is 89.7 Å². The maximum absolute atomic E-state index is 12.9. The smallest absolute Gasteiger partial charge is 0.338 e. The summed E-state index contributed by atoms with van der Waals surface area (Å²) in [5, 5.41) is 0. The molecule has 2 N–H and O–H groups in total. The Labute approximate surface area is 143 Å². The van der Waals surface area contributed by atoms with Gasteiger partial charge in [0.15, 0.2) is 0 Å². The number of nitrogens with zero attached hydrogens (tertiary/aromatic N) is 1. The molecule has 2 rings (SSSR count). The molecule has 0 spiro atoms. The highest BCUT2D eigenvalue weighted by atomic mass is 35.5. The van der Waals surface area contributed by atoms with Crippen molar-refractivity contribution in [2.45, 2.75) is 37.6 Å². The first-order chi connectivity index (χ1) is 10.4. The summed E-state index contributed by atoms with van der Waals surface area (Å²) in [6, 6.07) is 4.44. The predicted octanol–water partition coefficient (Wildman–Crippen LogP) is 1.71. The molecule has 0 aromatic heterocycles. The van der Waals surface area contributed by atoms with Crippen molar-refractivity contribution >= 4 is 28.4 Å². The fraction of sp³-hybridized carbons (Fsp3) is 0.533. The van der Waals surface area contributed by atoms with Crippen molar-refractivity contribution < 1.29 is 17.9 Å². The molecule has 1 aromatic rings. The van der Waals surface area contributed by atoms with E-state index < -0.39 is 16.0 Å². The van der Waals surface area contributed by atoms with Crippen LogP contribution in [0.1, 0.15) is 35.7 Å². The van der Waals surface area contributed by atoms with Gasteiger partial charge in [0.05, 0.1) is 17.1 Å². The van der Waals surface area contributed by atoms with Crippen LogP contribution in [-0.4, -0.2) is 44.4 Å². The number of esters is 1. The summed E-state index contributed by atoms with van der Waals surface area (Å²) >= 11 is 0. The predicted molar refractivity (Wildman–Crippen MR) is 90.4 cm³/mol. The molecule has 130 valence electrons. The lowest BCUT2D eigenvalue weighted by molar-refractivity contribution is 0.0526. The standard InChI is InChI=1S/C15H22N2O4S.ClH/c1-3-21-15(18)12-7-6-11(2)14(9-12)22(19,20)17-8-4-5-13(17)10-16;/h6-7,9,13H,3-5,8,10,16H2,1-2H3;1H. The van der Waals surface area contributed by atoms with Crippen LogP contribution in [0.5, 0.6) is 0 Å². The Morgan fingerprint density at radius 1 is 1.43 bits per heavy atom. The van der Waals surface area contributed by atoms with Gasteiger partial charge in [-0.15, -0.1) is 12.4 Å². The minimum atomic E-state index is -3.66. The highest BCUT2D eigenvalue weighted by molar-refractivity contribution is 7.89. The van der Waals surface area contributed by atoms with Gasteiger partial charge in [0.1, 0.15) is 0 Å². The monoisotopic (exact) mass is 362 g/mol. The van der Waals surface area contributed by atoms with Gasteiger partial charge in [-0.05, 0) is 44.4 Å². The van der Waals surface area contributed by atoms with Crippen LogP contribution in [0.15, 0.2) is 23.1 Å². The molecule has 6 nitrogen and oxygen atoms in total. The summed E-state index contributed by atoms with van der Waals surface area (Å²) in [5.41, 5.74) is 6.53. The number of rotatable bonds is 5. The van der Waals surface area contributed by atoms with Gasteiger partial charge in [-0.3, -0.25) is 0 Å². The van der Waals surface area contributed by atoms with Crippen LogP contribution in [0.3, 0.4) is 0 Å². The highest BCUT2D eigenvalue weighted by Gasteiger charge is 2.35. The van der Waals surface area contributed by atoms with Gasteiger partial charge in [0.2, 0.25) is 10.0 Å². The quantitative estimate of drug-likeness (QED) is 0.805. The summed E-state index contributed by atoms with van der Waals surface area (Å²) < 4.78 is 32.1. The second-order valence-corrected chi connectivity index (χ2v) is 7.21. The van der Waals surface area contributed by atoms with Crippen LogP contribution in [0, 0.1) is 6.92 Å².